The van der Waals surface area contributed by atoms with Gasteiger partial charge in [-0.25, -0.2) is 0 Å². The van der Waals surface area contributed by atoms with E-state index in [1.54, 1.807) is 23.1 Å². The van der Waals surface area contributed by atoms with Crippen LogP contribution in [0.15, 0.2) is 18.2 Å². The molecule has 1 unspecified atom stereocenters. The minimum absolute atomic E-state index is 0.110. The van der Waals surface area contributed by atoms with Crippen LogP contribution in [0, 0.1) is 11.3 Å². The molecule has 10 heteroatoms. The van der Waals surface area contributed by atoms with Crippen molar-refractivity contribution in [1.29, 1.82) is 0 Å². The van der Waals surface area contributed by atoms with Crippen molar-refractivity contribution in [3.8, 4) is 5.75 Å². The SMILES string of the molecule is COc1ccc2[nH]c(C(=O)N3CC4(CCCCC4)CC3C(=O)N[C@@H](C[C@@H]3CCCC3=O)C(N)=O)cc2c1Cl. The number of hydrogen-bond donors (Lipinski definition) is 3. The molecule has 9 nitrogen and oxygen atoms in total. The van der Waals surface area contributed by atoms with Crippen LogP contribution in [0.3, 0.4) is 0 Å². The zero-order valence-electron chi connectivity index (χ0n) is 21.7. The lowest BCUT2D eigenvalue weighted by Gasteiger charge is -2.32. The molecule has 0 radical (unpaired) electrons. The van der Waals surface area contributed by atoms with E-state index >= 15 is 0 Å². The van der Waals surface area contributed by atoms with E-state index in [1.807, 2.05) is 0 Å². The number of ether oxygens (including phenoxy) is 1. The Kier molecular flexibility index (Phi) is 7.40. The van der Waals surface area contributed by atoms with Crippen LogP contribution in [0.2, 0.25) is 5.02 Å². The van der Waals surface area contributed by atoms with E-state index in [2.05, 4.69) is 10.3 Å². The maximum absolute atomic E-state index is 13.9. The number of amides is 3. The summed E-state index contributed by atoms with van der Waals surface area (Å²) in [4.78, 5) is 56.7. The zero-order valence-corrected chi connectivity index (χ0v) is 22.4. The number of likely N-dealkylation sites (tertiary alicyclic amines) is 1. The number of carbonyl (C=O) groups is 4. The Bertz CT molecular complexity index is 1270. The molecule has 1 spiro atoms. The molecule has 38 heavy (non-hydrogen) atoms. The quantitative estimate of drug-likeness (QED) is 0.490. The molecule has 1 aliphatic heterocycles. The molecule has 4 N–H and O–H groups in total. The number of ketones is 1. The van der Waals surface area contributed by atoms with Crippen molar-refractivity contribution in [2.24, 2.45) is 17.1 Å². The van der Waals surface area contributed by atoms with Gasteiger partial charge in [0.1, 0.15) is 29.3 Å². The fourth-order valence-electron chi connectivity index (χ4n) is 6.68. The molecule has 2 aromatic rings. The molecule has 3 fully saturated rings. The van der Waals surface area contributed by atoms with Gasteiger partial charge in [0.15, 0.2) is 0 Å². The highest BCUT2D eigenvalue weighted by molar-refractivity contribution is 6.37. The molecule has 1 aromatic heterocycles. The maximum Gasteiger partial charge on any atom is 0.271 e. The number of hydrogen-bond acceptors (Lipinski definition) is 5. The minimum Gasteiger partial charge on any atom is -0.495 e. The van der Waals surface area contributed by atoms with Crippen molar-refractivity contribution in [3.63, 3.8) is 0 Å². The van der Waals surface area contributed by atoms with E-state index < -0.39 is 23.9 Å². The number of rotatable bonds is 7. The molecule has 1 aromatic carbocycles. The Labute approximate surface area is 226 Å². The van der Waals surface area contributed by atoms with Crippen LogP contribution in [0.5, 0.6) is 5.75 Å². The Morgan fingerprint density at radius 2 is 2.00 bits per heavy atom. The first-order valence-electron chi connectivity index (χ1n) is 13.5. The number of nitrogens with one attached hydrogen (secondary N) is 2. The number of primary amides is 1. The number of halogens is 1. The van der Waals surface area contributed by atoms with Gasteiger partial charge in [-0.2, -0.15) is 0 Å². The molecule has 2 heterocycles. The van der Waals surface area contributed by atoms with E-state index in [-0.39, 0.29) is 29.4 Å². The standard InChI is InChI=1S/C28H35ClN4O5/c1-38-23-9-8-18-17(24(23)29)13-20(31-18)27(37)33-15-28(10-3-2-4-11-28)14-21(33)26(36)32-19(25(30)35)12-16-6-5-7-22(16)34/h8-9,13,16,19,21,31H,2-7,10-12,14-15H2,1H3,(H2,30,35)(H,32,36)/t16-,19-,21?/m0/s1. The molecule has 1 saturated heterocycles. The van der Waals surface area contributed by atoms with Gasteiger partial charge in [-0.1, -0.05) is 30.9 Å². The number of fused-ring (bicyclic) bond motifs is 1. The van der Waals surface area contributed by atoms with Gasteiger partial charge >= 0.3 is 0 Å². The first-order chi connectivity index (χ1) is 18.2. The summed E-state index contributed by atoms with van der Waals surface area (Å²) >= 11 is 6.48. The van der Waals surface area contributed by atoms with Crippen LogP contribution in [0.1, 0.15) is 74.7 Å². The molecular weight excluding hydrogens is 508 g/mol. The Hall–Kier alpha value is -3.07. The number of nitrogens with zero attached hydrogens (tertiary/aromatic N) is 1. The van der Waals surface area contributed by atoms with Gasteiger partial charge in [-0.05, 0) is 62.1 Å². The van der Waals surface area contributed by atoms with Gasteiger partial charge in [-0.15, -0.1) is 0 Å². The number of carbonyl (C=O) groups excluding carboxylic acids is 4. The van der Waals surface area contributed by atoms with E-state index in [1.165, 1.54) is 7.11 Å². The second-order valence-corrected chi connectivity index (χ2v) is 11.6. The molecule has 204 valence electrons. The summed E-state index contributed by atoms with van der Waals surface area (Å²) < 4.78 is 5.30. The summed E-state index contributed by atoms with van der Waals surface area (Å²) in [5.74, 6) is -1.01. The van der Waals surface area contributed by atoms with Gasteiger partial charge < -0.3 is 25.7 Å². The molecule has 3 aliphatic rings. The predicted octanol–water partition coefficient (Wildman–Crippen LogP) is 3.72. The van der Waals surface area contributed by atoms with Gasteiger partial charge in [0.2, 0.25) is 11.8 Å². The minimum atomic E-state index is -0.950. The van der Waals surface area contributed by atoms with Crippen molar-refractivity contribution >= 4 is 46.0 Å². The number of H-pyrrole nitrogens is 1. The van der Waals surface area contributed by atoms with Gasteiger partial charge in [0.05, 0.1) is 12.1 Å². The predicted molar refractivity (Wildman–Crippen MR) is 143 cm³/mol. The Morgan fingerprint density at radius 1 is 1.24 bits per heavy atom. The number of benzene rings is 1. The summed E-state index contributed by atoms with van der Waals surface area (Å²) in [6.45, 7) is 0.471. The van der Waals surface area contributed by atoms with Crippen LogP contribution in [0.4, 0.5) is 0 Å². The van der Waals surface area contributed by atoms with E-state index in [0.717, 1.165) is 38.5 Å². The van der Waals surface area contributed by atoms with Crippen LogP contribution < -0.4 is 15.8 Å². The van der Waals surface area contributed by atoms with Crippen LogP contribution >= 0.6 is 11.6 Å². The Morgan fingerprint density at radius 3 is 2.66 bits per heavy atom. The number of nitrogens with two attached hydrogens (primary N) is 1. The van der Waals surface area contributed by atoms with Gasteiger partial charge in [0, 0.05) is 29.8 Å². The summed E-state index contributed by atoms with van der Waals surface area (Å²) in [7, 11) is 1.53. The molecule has 3 atom stereocenters. The van der Waals surface area contributed by atoms with Crippen molar-refractivity contribution in [2.45, 2.75) is 76.3 Å². The third kappa shape index (κ3) is 5.00. The Balaban J connectivity index is 1.41. The van der Waals surface area contributed by atoms with Crippen molar-refractivity contribution < 1.29 is 23.9 Å². The first kappa shape index (κ1) is 26.5. The number of aromatic nitrogens is 1. The molecule has 2 saturated carbocycles. The molecule has 3 amide bonds. The van der Waals surface area contributed by atoms with E-state index in [9.17, 15) is 19.2 Å². The number of methoxy groups -OCH3 is 1. The van der Waals surface area contributed by atoms with Crippen LogP contribution in [-0.2, 0) is 14.4 Å². The van der Waals surface area contributed by atoms with Crippen LogP contribution in [0.25, 0.3) is 10.9 Å². The molecule has 5 rings (SSSR count). The highest BCUT2D eigenvalue weighted by atomic mass is 35.5. The lowest BCUT2D eigenvalue weighted by atomic mass is 9.72. The molecular formula is C28H35ClN4O5. The summed E-state index contributed by atoms with van der Waals surface area (Å²) in [5, 5.41) is 3.88. The van der Waals surface area contributed by atoms with E-state index in [4.69, 9.17) is 22.1 Å². The molecule has 2 aliphatic carbocycles. The lowest BCUT2D eigenvalue weighted by molar-refractivity contribution is -0.130. The smallest absolute Gasteiger partial charge is 0.271 e. The zero-order chi connectivity index (χ0) is 27.0. The maximum atomic E-state index is 13.9. The van der Waals surface area contributed by atoms with Gasteiger partial charge in [-0.3, -0.25) is 19.2 Å². The fourth-order valence-corrected chi connectivity index (χ4v) is 6.98. The van der Waals surface area contributed by atoms with E-state index in [0.29, 0.717) is 53.2 Å². The summed E-state index contributed by atoms with van der Waals surface area (Å²) in [6.07, 6.45) is 7.89. The topological polar surface area (TPSA) is 135 Å². The summed E-state index contributed by atoms with van der Waals surface area (Å²) in [5.41, 5.74) is 6.54. The first-order valence-corrected chi connectivity index (χ1v) is 13.9. The third-order valence-electron chi connectivity index (χ3n) is 8.75. The van der Waals surface area contributed by atoms with Gasteiger partial charge in [0.25, 0.3) is 5.91 Å². The largest absolute Gasteiger partial charge is 0.495 e. The highest BCUT2D eigenvalue weighted by Crippen LogP contribution is 2.47. The molecule has 0 bridgehead atoms. The summed E-state index contributed by atoms with van der Waals surface area (Å²) in [6, 6.07) is 3.54. The lowest BCUT2D eigenvalue weighted by Crippen LogP contribution is -2.53. The fraction of sp³-hybridized carbons (Fsp3) is 0.571. The second kappa shape index (κ2) is 10.6. The van der Waals surface area contributed by atoms with Crippen molar-refractivity contribution in [1.82, 2.24) is 15.2 Å². The average molecular weight is 543 g/mol. The number of Topliss-reactive ketones (excluding diaryl/α,β-unsaturated/α-hetero) is 1. The third-order valence-corrected chi connectivity index (χ3v) is 9.14. The second-order valence-electron chi connectivity index (χ2n) is 11.2. The monoisotopic (exact) mass is 542 g/mol. The normalized spacial score (nSPS) is 23.6. The average Bonchev–Trinajstić information content (AvgIpc) is 3.61. The number of aromatic amines is 1. The van der Waals surface area contributed by atoms with Crippen molar-refractivity contribution in [2.75, 3.05) is 13.7 Å². The van der Waals surface area contributed by atoms with Crippen LogP contribution in [-0.4, -0.2) is 59.1 Å². The highest BCUT2D eigenvalue weighted by Gasteiger charge is 2.49. The van der Waals surface area contributed by atoms with Crippen molar-refractivity contribution in [3.05, 3.63) is 28.9 Å².